The van der Waals surface area contributed by atoms with Gasteiger partial charge in [-0.3, -0.25) is 4.90 Å². The first-order valence-corrected chi connectivity index (χ1v) is 8.60. The van der Waals surface area contributed by atoms with Crippen molar-refractivity contribution >= 4 is 21.4 Å². The van der Waals surface area contributed by atoms with Gasteiger partial charge in [0.2, 0.25) is 0 Å². The molecule has 3 rings (SSSR count). The molecule has 0 aliphatic carbocycles. The van der Waals surface area contributed by atoms with Crippen molar-refractivity contribution in [1.82, 2.24) is 14.5 Å². The Balaban J connectivity index is 1.94. The minimum absolute atomic E-state index is 0.0869. The Kier molecular flexibility index (Phi) is 3.55. The summed E-state index contributed by atoms with van der Waals surface area (Å²) in [6.45, 7) is 0.579. The number of imidazole rings is 1. The lowest BCUT2D eigenvalue weighted by Gasteiger charge is -2.23. The minimum atomic E-state index is -3.23. The monoisotopic (exact) mass is 325 g/mol. The van der Waals surface area contributed by atoms with E-state index >= 15 is 0 Å². The molecule has 0 amide bonds. The number of nitrogens with zero attached hydrogens (tertiary/aromatic N) is 3. The van der Waals surface area contributed by atoms with Crippen LogP contribution in [0.5, 0.6) is 0 Å². The van der Waals surface area contributed by atoms with E-state index in [0.717, 1.165) is 11.4 Å². The number of hydrogen-bond donors (Lipinski definition) is 0. The molecule has 0 saturated carbocycles. The summed E-state index contributed by atoms with van der Waals surface area (Å²) in [4.78, 5) is 6.68. The molecule has 0 spiro atoms. The van der Waals surface area contributed by atoms with Crippen LogP contribution in [-0.2, 0) is 23.4 Å². The van der Waals surface area contributed by atoms with Gasteiger partial charge in [-0.15, -0.1) is 0 Å². The van der Waals surface area contributed by atoms with Crippen LogP contribution < -0.4 is 0 Å². The average molecular weight is 326 g/mol. The third-order valence-electron chi connectivity index (χ3n) is 3.89. The molecule has 0 N–H and O–H groups in total. The van der Waals surface area contributed by atoms with Gasteiger partial charge in [0.1, 0.15) is 5.82 Å². The second-order valence-corrected chi connectivity index (χ2v) is 7.79. The molecule has 7 heteroatoms. The van der Waals surface area contributed by atoms with Crippen molar-refractivity contribution in [2.24, 2.45) is 7.05 Å². The smallest absolute Gasteiger partial charge is 0.180 e. The van der Waals surface area contributed by atoms with E-state index < -0.39 is 9.84 Å². The Labute approximate surface area is 129 Å². The topological polar surface area (TPSA) is 55.2 Å². The fourth-order valence-corrected chi connectivity index (χ4v) is 4.74. The lowest BCUT2D eigenvalue weighted by atomic mass is 10.1. The molecule has 0 unspecified atom stereocenters. The van der Waals surface area contributed by atoms with E-state index in [1.54, 1.807) is 24.4 Å². The van der Waals surface area contributed by atoms with Gasteiger partial charge in [0.25, 0.3) is 0 Å². The summed E-state index contributed by atoms with van der Waals surface area (Å²) in [6.07, 6.45) is 3.61. The summed E-state index contributed by atoms with van der Waals surface area (Å²) < 4.78 is 26.4. The van der Waals surface area contributed by atoms with Crippen LogP contribution in [0.2, 0.25) is 5.02 Å². The van der Waals surface area contributed by atoms with E-state index in [4.69, 9.17) is 11.6 Å². The number of sulfone groups is 1. The van der Waals surface area contributed by atoms with Crippen LogP contribution in [0, 0.1) is 0 Å². The van der Waals surface area contributed by atoms with E-state index in [1.165, 1.54) is 0 Å². The van der Waals surface area contributed by atoms with Gasteiger partial charge in [-0.05, 0) is 30.8 Å². The van der Waals surface area contributed by atoms with Gasteiger partial charge in [0, 0.05) is 24.5 Å². The molecule has 1 aromatic carbocycles. The lowest BCUT2D eigenvalue weighted by Crippen LogP contribution is -2.26. The summed E-state index contributed by atoms with van der Waals surface area (Å²) in [5.74, 6) is 0.981. The molecule has 5 nitrogen and oxygen atoms in total. The van der Waals surface area contributed by atoms with E-state index in [1.807, 2.05) is 29.8 Å². The predicted octanol–water partition coefficient (Wildman–Crippen LogP) is 2.03. The van der Waals surface area contributed by atoms with E-state index in [9.17, 15) is 8.42 Å². The highest BCUT2D eigenvalue weighted by Gasteiger charge is 2.37. The maximum absolute atomic E-state index is 12.3. The molecule has 112 valence electrons. The second-order valence-electron chi connectivity index (χ2n) is 5.35. The third kappa shape index (κ3) is 2.59. The molecule has 1 aliphatic rings. The van der Waals surface area contributed by atoms with Crippen molar-refractivity contribution in [1.29, 1.82) is 0 Å². The van der Waals surface area contributed by atoms with Gasteiger partial charge in [-0.1, -0.05) is 11.6 Å². The predicted molar refractivity (Wildman–Crippen MR) is 80.9 cm³/mol. The molecular weight excluding hydrogens is 310 g/mol. The van der Waals surface area contributed by atoms with Crippen molar-refractivity contribution in [3.63, 3.8) is 0 Å². The minimum Gasteiger partial charge on any atom is -0.337 e. The van der Waals surface area contributed by atoms with Crippen molar-refractivity contribution < 1.29 is 8.42 Å². The first-order valence-electron chi connectivity index (χ1n) is 6.57. The Morgan fingerprint density at radius 3 is 2.90 bits per heavy atom. The third-order valence-corrected chi connectivity index (χ3v) is 5.92. The fraction of sp³-hybridized carbons (Fsp3) is 0.357. The van der Waals surface area contributed by atoms with E-state index in [-0.39, 0.29) is 11.8 Å². The lowest BCUT2D eigenvalue weighted by molar-refractivity contribution is 0.248. The van der Waals surface area contributed by atoms with Crippen LogP contribution >= 0.6 is 11.6 Å². The number of rotatable bonds is 3. The SMILES string of the molecule is CN(Cc1nccn1C)[C@H]1CS(=O)(=O)c2ccc(Cl)cc21. The largest absolute Gasteiger partial charge is 0.337 e. The van der Waals surface area contributed by atoms with Crippen LogP contribution in [0.3, 0.4) is 0 Å². The molecule has 1 atom stereocenters. The molecule has 0 fully saturated rings. The highest BCUT2D eigenvalue weighted by atomic mass is 35.5. The molecule has 2 aromatic rings. The quantitative estimate of drug-likeness (QED) is 0.866. The van der Waals surface area contributed by atoms with Crippen LogP contribution in [0.25, 0.3) is 0 Å². The summed E-state index contributed by atoms with van der Waals surface area (Å²) in [5.41, 5.74) is 0.777. The highest BCUT2D eigenvalue weighted by molar-refractivity contribution is 7.91. The van der Waals surface area contributed by atoms with Crippen molar-refractivity contribution in [2.75, 3.05) is 12.8 Å². The van der Waals surface area contributed by atoms with Crippen LogP contribution in [0.15, 0.2) is 35.5 Å². The van der Waals surface area contributed by atoms with Crippen molar-refractivity contribution in [3.05, 3.63) is 47.0 Å². The summed E-state index contributed by atoms with van der Waals surface area (Å²) in [7, 11) is 0.598. The van der Waals surface area contributed by atoms with Gasteiger partial charge in [-0.2, -0.15) is 0 Å². The number of fused-ring (bicyclic) bond motifs is 1. The first kappa shape index (κ1) is 14.6. The van der Waals surface area contributed by atoms with E-state index in [2.05, 4.69) is 4.98 Å². The Morgan fingerprint density at radius 1 is 1.48 bits per heavy atom. The Bertz CT molecular complexity index is 785. The zero-order valence-electron chi connectivity index (χ0n) is 11.8. The van der Waals surface area contributed by atoms with Crippen molar-refractivity contribution in [2.45, 2.75) is 17.5 Å². The number of halogens is 1. The zero-order chi connectivity index (χ0) is 15.2. The second kappa shape index (κ2) is 5.12. The number of aryl methyl sites for hydroxylation is 1. The Hall–Kier alpha value is -1.37. The summed E-state index contributed by atoms with van der Waals surface area (Å²) >= 11 is 6.02. The van der Waals surface area contributed by atoms with E-state index in [0.29, 0.717) is 16.5 Å². The van der Waals surface area contributed by atoms with Crippen molar-refractivity contribution in [3.8, 4) is 0 Å². The Morgan fingerprint density at radius 2 is 2.24 bits per heavy atom. The maximum atomic E-state index is 12.3. The molecule has 2 heterocycles. The van der Waals surface area contributed by atoms with Gasteiger partial charge >= 0.3 is 0 Å². The summed E-state index contributed by atoms with van der Waals surface area (Å²) in [5, 5.41) is 0.557. The standard InChI is InChI=1S/C14H16ClN3O2S/c1-17-6-5-16-14(17)8-18(2)12-9-21(19,20)13-4-3-10(15)7-11(12)13/h3-7,12H,8-9H2,1-2H3/t12-/m0/s1. The van der Waals surface area contributed by atoms with Crippen LogP contribution in [0.4, 0.5) is 0 Å². The van der Waals surface area contributed by atoms with Gasteiger partial charge < -0.3 is 4.57 Å². The summed E-state index contributed by atoms with van der Waals surface area (Å²) in [6, 6.07) is 4.78. The first-order chi connectivity index (χ1) is 9.88. The van der Waals surface area contributed by atoms with Crippen LogP contribution in [-0.4, -0.2) is 35.7 Å². The number of hydrogen-bond acceptors (Lipinski definition) is 4. The average Bonchev–Trinajstić information content (AvgIpc) is 2.92. The van der Waals surface area contributed by atoms with Gasteiger partial charge in [-0.25, -0.2) is 13.4 Å². The molecule has 1 aliphatic heterocycles. The normalized spacial score (nSPS) is 19.9. The molecule has 0 saturated heterocycles. The molecular formula is C14H16ClN3O2S. The fourth-order valence-electron chi connectivity index (χ4n) is 2.70. The molecule has 1 aromatic heterocycles. The zero-order valence-corrected chi connectivity index (χ0v) is 13.4. The number of aromatic nitrogens is 2. The van der Waals surface area contributed by atoms with Gasteiger partial charge in [0.05, 0.1) is 23.2 Å². The van der Waals surface area contributed by atoms with Gasteiger partial charge in [0.15, 0.2) is 9.84 Å². The molecule has 21 heavy (non-hydrogen) atoms. The molecule has 0 bridgehead atoms. The molecule has 0 radical (unpaired) electrons. The number of benzene rings is 1. The van der Waals surface area contributed by atoms with Crippen LogP contribution in [0.1, 0.15) is 17.4 Å². The maximum Gasteiger partial charge on any atom is 0.180 e. The highest BCUT2D eigenvalue weighted by Crippen LogP contribution is 2.38.